The van der Waals surface area contributed by atoms with Crippen molar-refractivity contribution in [2.24, 2.45) is 0 Å². The Balaban J connectivity index is 1.95. The van der Waals surface area contributed by atoms with Crippen molar-refractivity contribution in [2.75, 3.05) is 27.9 Å². The lowest BCUT2D eigenvalue weighted by Gasteiger charge is -2.46. The molecule has 2 aromatic carbocycles. The highest BCUT2D eigenvalue weighted by molar-refractivity contribution is 5.80. The fourth-order valence-corrected chi connectivity index (χ4v) is 4.32. The summed E-state index contributed by atoms with van der Waals surface area (Å²) in [5.41, 5.74) is 5.51. The minimum atomic E-state index is -0.365. The van der Waals surface area contributed by atoms with Crippen molar-refractivity contribution < 1.29 is 19.0 Å². The average molecular weight is 365 g/mol. The summed E-state index contributed by atoms with van der Waals surface area (Å²) in [7, 11) is 4.70. The maximum atomic E-state index is 12.6. The molecule has 0 aliphatic carbocycles. The molecule has 2 heterocycles. The Labute approximate surface area is 159 Å². The molecule has 0 fully saturated rings. The fourth-order valence-electron chi connectivity index (χ4n) is 4.32. The number of ether oxygens (including phenoxy) is 3. The van der Waals surface area contributed by atoms with Gasteiger partial charge in [0.25, 0.3) is 0 Å². The molecule has 0 radical (unpaired) electrons. The van der Waals surface area contributed by atoms with E-state index in [1.165, 1.54) is 7.11 Å². The summed E-state index contributed by atoms with van der Waals surface area (Å²) in [4.78, 5) is 14.8. The van der Waals surface area contributed by atoms with Gasteiger partial charge in [-0.1, -0.05) is 30.8 Å². The number of benzene rings is 2. The summed E-state index contributed by atoms with van der Waals surface area (Å²) in [6, 6.07) is 11.8. The van der Waals surface area contributed by atoms with E-state index < -0.39 is 0 Å². The van der Waals surface area contributed by atoms with Crippen molar-refractivity contribution in [3.05, 3.63) is 65.2 Å². The van der Waals surface area contributed by atoms with Crippen LogP contribution in [0.5, 0.6) is 11.5 Å². The van der Waals surface area contributed by atoms with E-state index in [1.807, 2.05) is 24.3 Å². The Morgan fingerprint density at radius 3 is 2.48 bits per heavy atom. The molecule has 2 aromatic rings. The van der Waals surface area contributed by atoms with Crippen LogP contribution in [0.2, 0.25) is 0 Å². The van der Waals surface area contributed by atoms with Crippen LogP contribution in [-0.2, 0) is 16.0 Å². The fraction of sp³-hybridized carbons (Fsp3) is 0.318. The van der Waals surface area contributed by atoms with E-state index >= 15 is 0 Å². The van der Waals surface area contributed by atoms with Crippen molar-refractivity contribution in [1.82, 2.24) is 4.90 Å². The van der Waals surface area contributed by atoms with Crippen molar-refractivity contribution in [3.63, 3.8) is 0 Å². The summed E-state index contributed by atoms with van der Waals surface area (Å²) in [5, 5.41) is 0. The van der Waals surface area contributed by atoms with Gasteiger partial charge in [0.05, 0.1) is 27.4 Å². The lowest BCUT2D eigenvalue weighted by molar-refractivity contribution is -0.148. The van der Waals surface area contributed by atoms with Crippen LogP contribution in [0.4, 0.5) is 0 Å². The van der Waals surface area contributed by atoms with Gasteiger partial charge in [-0.25, -0.2) is 0 Å². The SMILES string of the molecule is C=C1CN2[C@H](c3cc(OC)c(OC)cc3C[C@H]2C(=O)OC)c2ccccc21. The molecular weight excluding hydrogens is 342 g/mol. The van der Waals surface area contributed by atoms with Crippen molar-refractivity contribution >= 4 is 11.5 Å². The first kappa shape index (κ1) is 17.6. The molecule has 0 bridgehead atoms. The molecule has 0 unspecified atom stereocenters. The van der Waals surface area contributed by atoms with Gasteiger partial charge in [0.15, 0.2) is 11.5 Å². The second kappa shape index (κ2) is 6.74. The monoisotopic (exact) mass is 365 g/mol. The number of hydrogen-bond donors (Lipinski definition) is 0. The Morgan fingerprint density at radius 2 is 1.78 bits per heavy atom. The molecule has 0 N–H and O–H groups in total. The minimum absolute atomic E-state index is 0.0562. The molecule has 27 heavy (non-hydrogen) atoms. The lowest BCUT2D eigenvalue weighted by Crippen LogP contribution is -2.51. The van der Waals surface area contributed by atoms with Gasteiger partial charge in [-0.3, -0.25) is 9.69 Å². The van der Waals surface area contributed by atoms with E-state index in [-0.39, 0.29) is 18.1 Å². The van der Waals surface area contributed by atoms with Gasteiger partial charge >= 0.3 is 5.97 Å². The molecule has 2 aliphatic heterocycles. The van der Waals surface area contributed by atoms with Gasteiger partial charge in [-0.2, -0.15) is 0 Å². The third kappa shape index (κ3) is 2.70. The molecule has 0 spiro atoms. The number of nitrogens with zero attached hydrogens (tertiary/aromatic N) is 1. The molecule has 5 nitrogen and oxygen atoms in total. The van der Waals surface area contributed by atoms with E-state index in [0.717, 1.165) is 27.8 Å². The number of fused-ring (bicyclic) bond motifs is 5. The average Bonchev–Trinajstić information content (AvgIpc) is 2.71. The third-order valence-electron chi connectivity index (χ3n) is 5.57. The first-order chi connectivity index (χ1) is 13.1. The molecule has 4 rings (SSSR count). The maximum Gasteiger partial charge on any atom is 0.323 e. The number of carbonyl (C=O) groups excluding carboxylic acids is 1. The van der Waals surface area contributed by atoms with E-state index in [1.54, 1.807) is 14.2 Å². The highest BCUT2D eigenvalue weighted by atomic mass is 16.5. The van der Waals surface area contributed by atoms with Gasteiger partial charge in [-0.05, 0) is 46.4 Å². The Bertz CT molecular complexity index is 921. The molecule has 0 aromatic heterocycles. The summed E-state index contributed by atoms with van der Waals surface area (Å²) in [5.74, 6) is 1.13. The second-order valence-corrected chi connectivity index (χ2v) is 6.91. The third-order valence-corrected chi connectivity index (χ3v) is 5.57. The first-order valence-electron chi connectivity index (χ1n) is 8.94. The van der Waals surface area contributed by atoms with Crippen LogP contribution in [-0.4, -0.2) is 44.8 Å². The summed E-state index contributed by atoms with van der Waals surface area (Å²) < 4.78 is 16.1. The number of rotatable bonds is 3. The zero-order valence-electron chi connectivity index (χ0n) is 15.8. The van der Waals surface area contributed by atoms with Gasteiger partial charge in [0.2, 0.25) is 0 Å². The van der Waals surface area contributed by atoms with Gasteiger partial charge < -0.3 is 14.2 Å². The molecule has 2 aliphatic rings. The molecule has 0 saturated carbocycles. The van der Waals surface area contributed by atoms with Crippen LogP contribution in [0.15, 0.2) is 43.0 Å². The zero-order chi connectivity index (χ0) is 19.1. The highest BCUT2D eigenvalue weighted by Crippen LogP contribution is 2.47. The van der Waals surface area contributed by atoms with Crippen LogP contribution in [0.25, 0.3) is 5.57 Å². The van der Waals surface area contributed by atoms with Gasteiger partial charge in [0, 0.05) is 6.54 Å². The predicted octanol–water partition coefficient (Wildman–Crippen LogP) is 3.22. The van der Waals surface area contributed by atoms with Crippen LogP contribution >= 0.6 is 0 Å². The molecular formula is C22H23NO4. The predicted molar refractivity (Wildman–Crippen MR) is 103 cm³/mol. The van der Waals surface area contributed by atoms with Crippen molar-refractivity contribution in [2.45, 2.75) is 18.5 Å². The topological polar surface area (TPSA) is 48.0 Å². The normalized spacial score (nSPS) is 20.9. The van der Waals surface area contributed by atoms with Crippen molar-refractivity contribution in [1.29, 1.82) is 0 Å². The lowest BCUT2D eigenvalue weighted by atomic mass is 9.78. The summed E-state index contributed by atoms with van der Waals surface area (Å²) >= 11 is 0. The molecule has 5 heteroatoms. The Morgan fingerprint density at radius 1 is 1.07 bits per heavy atom. The molecule has 2 atom stereocenters. The quantitative estimate of drug-likeness (QED) is 0.782. The van der Waals surface area contributed by atoms with Crippen LogP contribution < -0.4 is 9.47 Å². The molecule has 0 amide bonds. The largest absolute Gasteiger partial charge is 0.493 e. The van der Waals surface area contributed by atoms with Crippen LogP contribution in [0, 0.1) is 0 Å². The van der Waals surface area contributed by atoms with E-state index in [9.17, 15) is 4.79 Å². The van der Waals surface area contributed by atoms with E-state index in [4.69, 9.17) is 14.2 Å². The second-order valence-electron chi connectivity index (χ2n) is 6.91. The number of carbonyl (C=O) groups is 1. The highest BCUT2D eigenvalue weighted by Gasteiger charge is 2.43. The first-order valence-corrected chi connectivity index (χ1v) is 8.94. The molecule has 140 valence electrons. The number of esters is 1. The zero-order valence-corrected chi connectivity index (χ0v) is 15.8. The minimum Gasteiger partial charge on any atom is -0.493 e. The van der Waals surface area contributed by atoms with Crippen molar-refractivity contribution in [3.8, 4) is 11.5 Å². The maximum absolute atomic E-state index is 12.6. The van der Waals surface area contributed by atoms with E-state index in [2.05, 4.69) is 23.6 Å². The smallest absolute Gasteiger partial charge is 0.323 e. The van der Waals surface area contributed by atoms with Crippen LogP contribution in [0.3, 0.4) is 0 Å². The standard InChI is InChI=1S/C22H23NO4/c1-13-12-23-18(22(24)27-4)9-14-10-19(25-2)20(26-3)11-17(14)21(23)16-8-6-5-7-15(13)16/h5-8,10-11,18,21H,1,9,12H2,2-4H3/t18-,21-/m0/s1. The molecule has 0 saturated heterocycles. The summed E-state index contributed by atoms with van der Waals surface area (Å²) in [6.45, 7) is 4.87. The van der Waals surface area contributed by atoms with Gasteiger partial charge in [0.1, 0.15) is 6.04 Å². The summed E-state index contributed by atoms with van der Waals surface area (Å²) in [6.07, 6.45) is 0.564. The number of methoxy groups -OCH3 is 3. The Hall–Kier alpha value is -2.79. The van der Waals surface area contributed by atoms with Crippen LogP contribution in [0.1, 0.15) is 28.3 Å². The van der Waals surface area contributed by atoms with Gasteiger partial charge in [-0.15, -0.1) is 0 Å². The Kier molecular flexibility index (Phi) is 4.40. The number of hydrogen-bond acceptors (Lipinski definition) is 5. The van der Waals surface area contributed by atoms with E-state index in [0.29, 0.717) is 24.5 Å².